The number of anilines is 1. The first-order chi connectivity index (χ1) is 11.1. The van der Waals surface area contributed by atoms with Crippen molar-refractivity contribution in [2.45, 2.75) is 31.8 Å². The molecule has 1 aliphatic carbocycles. The molecule has 7 heteroatoms. The van der Waals surface area contributed by atoms with E-state index in [2.05, 4.69) is 25.8 Å². The van der Waals surface area contributed by atoms with Gasteiger partial charge in [-0.25, -0.2) is 9.78 Å². The molecule has 7 nitrogen and oxygen atoms in total. The summed E-state index contributed by atoms with van der Waals surface area (Å²) in [7, 11) is 3.88. The van der Waals surface area contributed by atoms with E-state index in [9.17, 15) is 4.79 Å². The quantitative estimate of drug-likeness (QED) is 0.802. The number of nitrogens with zero attached hydrogens (tertiary/aromatic N) is 3. The number of hydrogen-bond donors (Lipinski definition) is 3. The van der Waals surface area contributed by atoms with E-state index in [1.807, 2.05) is 43.4 Å². The molecule has 2 heterocycles. The van der Waals surface area contributed by atoms with Gasteiger partial charge in [0.1, 0.15) is 5.82 Å². The average molecular weight is 314 g/mol. The van der Waals surface area contributed by atoms with Crippen LogP contribution >= 0.6 is 0 Å². The molecule has 1 unspecified atom stereocenters. The summed E-state index contributed by atoms with van der Waals surface area (Å²) in [5.41, 5.74) is 3.05. The van der Waals surface area contributed by atoms with Crippen LogP contribution in [0.3, 0.4) is 0 Å². The molecule has 1 atom stereocenters. The van der Waals surface area contributed by atoms with Crippen LogP contribution < -0.4 is 15.5 Å². The lowest BCUT2D eigenvalue weighted by Gasteiger charge is -2.23. The van der Waals surface area contributed by atoms with E-state index >= 15 is 0 Å². The third kappa shape index (κ3) is 3.61. The fraction of sp³-hybridized carbons (Fsp3) is 0.438. The summed E-state index contributed by atoms with van der Waals surface area (Å²) in [6.07, 6.45) is 4.85. The number of urea groups is 1. The standard InChI is InChI=1S/C16H22N6O/c1-22(2)14-8-4-6-12(19-14)10-17-16(23)20-13-7-3-5-11-9-18-21-15(11)13/h4,6,8-9,13H,3,5,7,10H2,1-2H3,(H,18,21)(H2,17,20,23). The lowest BCUT2D eigenvalue weighted by atomic mass is 9.94. The van der Waals surface area contributed by atoms with E-state index in [4.69, 9.17) is 0 Å². The molecule has 0 saturated heterocycles. The first-order valence-corrected chi connectivity index (χ1v) is 7.83. The van der Waals surface area contributed by atoms with Gasteiger partial charge in [0.05, 0.1) is 30.2 Å². The Bertz CT molecular complexity index is 681. The lowest BCUT2D eigenvalue weighted by molar-refractivity contribution is 0.234. The number of hydrogen-bond acceptors (Lipinski definition) is 4. The van der Waals surface area contributed by atoms with Crippen LogP contribution in [0.2, 0.25) is 0 Å². The highest BCUT2D eigenvalue weighted by atomic mass is 16.2. The van der Waals surface area contributed by atoms with Crippen LogP contribution in [0.5, 0.6) is 0 Å². The van der Waals surface area contributed by atoms with Crippen LogP contribution in [0.1, 0.15) is 35.8 Å². The zero-order chi connectivity index (χ0) is 16.2. The molecule has 0 bridgehead atoms. The van der Waals surface area contributed by atoms with Crippen LogP contribution in [0.15, 0.2) is 24.4 Å². The van der Waals surface area contributed by atoms with Crippen molar-refractivity contribution in [3.05, 3.63) is 41.3 Å². The third-order valence-electron chi connectivity index (χ3n) is 4.02. The van der Waals surface area contributed by atoms with Crippen molar-refractivity contribution in [1.29, 1.82) is 0 Å². The zero-order valence-electron chi connectivity index (χ0n) is 13.5. The largest absolute Gasteiger partial charge is 0.363 e. The van der Waals surface area contributed by atoms with Crippen LogP contribution in [0, 0.1) is 0 Å². The molecule has 0 aromatic carbocycles. The Morgan fingerprint density at radius 1 is 1.43 bits per heavy atom. The summed E-state index contributed by atoms with van der Waals surface area (Å²) in [4.78, 5) is 18.6. The molecule has 0 aliphatic heterocycles. The van der Waals surface area contributed by atoms with Gasteiger partial charge >= 0.3 is 6.03 Å². The fourth-order valence-corrected chi connectivity index (χ4v) is 2.80. The van der Waals surface area contributed by atoms with Gasteiger partial charge in [-0.3, -0.25) is 5.10 Å². The smallest absolute Gasteiger partial charge is 0.315 e. The molecule has 2 amide bonds. The highest BCUT2D eigenvalue weighted by Crippen LogP contribution is 2.27. The van der Waals surface area contributed by atoms with E-state index in [1.165, 1.54) is 5.56 Å². The molecular formula is C16H22N6O. The first-order valence-electron chi connectivity index (χ1n) is 7.83. The summed E-state index contributed by atoms with van der Waals surface area (Å²) >= 11 is 0. The topological polar surface area (TPSA) is 85.9 Å². The predicted octanol–water partition coefficient (Wildman–Crippen LogP) is 1.75. The normalized spacial score (nSPS) is 16.5. The molecule has 0 radical (unpaired) electrons. The SMILES string of the molecule is CN(C)c1cccc(CNC(=O)NC2CCCc3cn[nH]c32)n1. The van der Waals surface area contributed by atoms with E-state index in [0.717, 1.165) is 36.5 Å². The number of amides is 2. The predicted molar refractivity (Wildman–Crippen MR) is 88.2 cm³/mol. The van der Waals surface area contributed by atoms with Gasteiger partial charge in [-0.1, -0.05) is 6.07 Å². The van der Waals surface area contributed by atoms with Gasteiger partial charge in [-0.15, -0.1) is 0 Å². The van der Waals surface area contributed by atoms with Crippen molar-refractivity contribution in [2.24, 2.45) is 0 Å². The summed E-state index contributed by atoms with van der Waals surface area (Å²) in [6, 6.07) is 5.60. The highest BCUT2D eigenvalue weighted by molar-refractivity contribution is 5.74. The maximum Gasteiger partial charge on any atom is 0.315 e. The minimum atomic E-state index is -0.186. The molecule has 23 heavy (non-hydrogen) atoms. The Morgan fingerprint density at radius 3 is 3.13 bits per heavy atom. The van der Waals surface area contributed by atoms with Crippen molar-refractivity contribution in [2.75, 3.05) is 19.0 Å². The summed E-state index contributed by atoms with van der Waals surface area (Å²) in [5, 5.41) is 12.9. The van der Waals surface area contributed by atoms with Gasteiger partial charge < -0.3 is 15.5 Å². The van der Waals surface area contributed by atoms with Crippen LogP contribution in [-0.2, 0) is 13.0 Å². The Morgan fingerprint density at radius 2 is 2.30 bits per heavy atom. The monoisotopic (exact) mass is 314 g/mol. The second-order valence-electron chi connectivity index (χ2n) is 5.96. The maximum atomic E-state index is 12.1. The van der Waals surface area contributed by atoms with Gasteiger partial charge in [0, 0.05) is 14.1 Å². The first kappa shape index (κ1) is 15.3. The third-order valence-corrected chi connectivity index (χ3v) is 4.02. The number of carbonyl (C=O) groups excluding carboxylic acids is 1. The Hall–Kier alpha value is -2.57. The zero-order valence-corrected chi connectivity index (χ0v) is 13.5. The number of H-pyrrole nitrogens is 1. The van der Waals surface area contributed by atoms with Crippen LogP contribution in [0.25, 0.3) is 0 Å². The second kappa shape index (κ2) is 6.68. The molecule has 1 aliphatic rings. The van der Waals surface area contributed by atoms with Gasteiger partial charge in [0.25, 0.3) is 0 Å². The number of carbonyl (C=O) groups is 1. The molecule has 2 aromatic rings. The molecule has 122 valence electrons. The number of aromatic amines is 1. The molecular weight excluding hydrogens is 292 g/mol. The summed E-state index contributed by atoms with van der Waals surface area (Å²) in [6.45, 7) is 0.399. The Balaban J connectivity index is 1.56. The van der Waals surface area contributed by atoms with Crippen molar-refractivity contribution in [3.63, 3.8) is 0 Å². The van der Waals surface area contributed by atoms with Gasteiger partial charge in [0.2, 0.25) is 0 Å². The highest BCUT2D eigenvalue weighted by Gasteiger charge is 2.23. The summed E-state index contributed by atoms with van der Waals surface area (Å²) in [5.74, 6) is 0.874. The van der Waals surface area contributed by atoms with Crippen molar-refractivity contribution in [3.8, 4) is 0 Å². The molecule has 2 aromatic heterocycles. The van der Waals surface area contributed by atoms with Gasteiger partial charge in [-0.2, -0.15) is 5.10 Å². The number of fused-ring (bicyclic) bond motifs is 1. The number of aryl methyl sites for hydroxylation is 1. The molecule has 0 fully saturated rings. The van der Waals surface area contributed by atoms with Crippen molar-refractivity contribution >= 4 is 11.8 Å². The van der Waals surface area contributed by atoms with Gasteiger partial charge in [0.15, 0.2) is 0 Å². The number of rotatable bonds is 4. The minimum absolute atomic E-state index is 0.00215. The number of aromatic nitrogens is 3. The molecule has 0 saturated carbocycles. The van der Waals surface area contributed by atoms with E-state index in [-0.39, 0.29) is 12.1 Å². The fourth-order valence-electron chi connectivity index (χ4n) is 2.80. The average Bonchev–Trinajstić information content (AvgIpc) is 3.03. The lowest BCUT2D eigenvalue weighted by Crippen LogP contribution is -2.39. The van der Waals surface area contributed by atoms with E-state index in [0.29, 0.717) is 6.54 Å². The molecule has 0 spiro atoms. The maximum absolute atomic E-state index is 12.1. The number of nitrogens with one attached hydrogen (secondary N) is 3. The Kier molecular flexibility index (Phi) is 4.45. The van der Waals surface area contributed by atoms with E-state index in [1.54, 1.807) is 0 Å². The number of pyridine rings is 1. The Labute approximate surface area is 135 Å². The van der Waals surface area contributed by atoms with Crippen LogP contribution in [0.4, 0.5) is 10.6 Å². The minimum Gasteiger partial charge on any atom is -0.363 e. The van der Waals surface area contributed by atoms with Crippen LogP contribution in [-0.4, -0.2) is 35.3 Å². The molecule has 3 rings (SSSR count). The van der Waals surface area contributed by atoms with Crippen molar-refractivity contribution < 1.29 is 4.79 Å². The second-order valence-corrected chi connectivity index (χ2v) is 5.96. The van der Waals surface area contributed by atoms with E-state index < -0.39 is 0 Å². The van der Waals surface area contributed by atoms with Gasteiger partial charge in [-0.05, 0) is 37.0 Å². The molecule has 3 N–H and O–H groups in total. The summed E-state index contributed by atoms with van der Waals surface area (Å²) < 4.78 is 0. The van der Waals surface area contributed by atoms with Crippen molar-refractivity contribution in [1.82, 2.24) is 25.8 Å².